The van der Waals surface area contributed by atoms with Crippen LogP contribution in [0.4, 0.5) is 5.69 Å². The molecular weight excluding hydrogens is 420 g/mol. The van der Waals surface area contributed by atoms with Crippen molar-refractivity contribution in [2.75, 3.05) is 7.11 Å². The van der Waals surface area contributed by atoms with Gasteiger partial charge in [0.25, 0.3) is 0 Å². The molecule has 0 bridgehead atoms. The van der Waals surface area contributed by atoms with Crippen LogP contribution in [0.5, 0.6) is 5.75 Å². The van der Waals surface area contributed by atoms with E-state index in [0.29, 0.717) is 21.9 Å². The Morgan fingerprint density at radius 3 is 2.75 bits per heavy atom. The van der Waals surface area contributed by atoms with Crippen LogP contribution in [0.15, 0.2) is 63.2 Å². The van der Waals surface area contributed by atoms with Crippen molar-refractivity contribution < 1.29 is 24.5 Å². The summed E-state index contributed by atoms with van der Waals surface area (Å²) in [6, 6.07) is 14.1. The number of thiazole rings is 1. The van der Waals surface area contributed by atoms with E-state index in [2.05, 4.69) is 0 Å². The molecule has 4 rings (SSSR count). The van der Waals surface area contributed by atoms with Crippen LogP contribution in [-0.4, -0.2) is 18.2 Å². The Morgan fingerprint density at radius 1 is 1.21 bits per heavy atom. The van der Waals surface area contributed by atoms with E-state index >= 15 is 0 Å². The van der Waals surface area contributed by atoms with Gasteiger partial charge >= 0.3 is 10.2 Å². The minimum atomic E-state index is -0.994. The summed E-state index contributed by atoms with van der Waals surface area (Å²) in [5, 5.41) is 21.3. The van der Waals surface area contributed by atoms with E-state index in [1.807, 2.05) is 41.8 Å². The van der Waals surface area contributed by atoms with Gasteiger partial charge in [0.15, 0.2) is 5.69 Å². The number of hydrogen-bond acceptors (Lipinski definition) is 6. The fourth-order valence-corrected chi connectivity index (χ4v) is 5.02. The number of hydrogen-bond donors (Lipinski definition) is 2. The Labute approximate surface area is 175 Å². The molecule has 0 saturated carbocycles. The number of para-hydroxylation sites is 1. The first-order valence-electron chi connectivity index (χ1n) is 8.03. The number of carbonyl (C=O) groups is 1. The second-order valence-corrected chi connectivity index (χ2v) is 7.91. The highest BCUT2D eigenvalue weighted by atomic mass is 35.5. The SMILES string of the molecule is COc1ccccc1/C=C1\Sc2scc(-c3cccc([NH+]([O-])O)c3)[n+]2C1=O.Cl. The van der Waals surface area contributed by atoms with Gasteiger partial charge < -0.3 is 9.94 Å². The Balaban J connectivity index is 0.00000225. The van der Waals surface area contributed by atoms with Gasteiger partial charge in [-0.3, -0.25) is 0 Å². The predicted molar refractivity (Wildman–Crippen MR) is 110 cm³/mol. The van der Waals surface area contributed by atoms with Crippen LogP contribution in [0.2, 0.25) is 0 Å². The molecule has 0 radical (unpaired) electrons. The van der Waals surface area contributed by atoms with Gasteiger partial charge in [0.2, 0.25) is 5.69 Å². The summed E-state index contributed by atoms with van der Waals surface area (Å²) in [6.07, 6.45) is 1.82. The normalized spacial score (nSPS) is 15.2. The number of halogens is 1. The Kier molecular flexibility index (Phi) is 6.19. The molecule has 2 heterocycles. The first-order valence-corrected chi connectivity index (χ1v) is 9.72. The number of ether oxygens (including phenoxy) is 1. The molecular formula is C19H16ClN2O4S2+. The van der Waals surface area contributed by atoms with Crippen molar-refractivity contribution >= 4 is 53.2 Å². The third-order valence-electron chi connectivity index (χ3n) is 4.14. The number of methoxy groups -OCH3 is 1. The molecule has 1 aliphatic heterocycles. The van der Waals surface area contributed by atoms with E-state index in [1.54, 1.807) is 23.8 Å². The average molecular weight is 436 g/mol. The van der Waals surface area contributed by atoms with E-state index in [4.69, 9.17) is 4.74 Å². The number of nitrogens with zero attached hydrogens (tertiary/aromatic N) is 1. The molecule has 0 amide bonds. The molecule has 0 fully saturated rings. The molecule has 1 aromatic heterocycles. The highest BCUT2D eigenvalue weighted by Crippen LogP contribution is 2.38. The van der Waals surface area contributed by atoms with E-state index in [9.17, 15) is 15.2 Å². The van der Waals surface area contributed by atoms with Crippen molar-refractivity contribution in [3.8, 4) is 17.0 Å². The largest absolute Gasteiger partial charge is 0.595 e. The van der Waals surface area contributed by atoms with Crippen molar-refractivity contribution in [2.24, 2.45) is 0 Å². The summed E-state index contributed by atoms with van der Waals surface area (Å²) in [5.41, 5.74) is 2.42. The first-order chi connectivity index (χ1) is 13.1. The van der Waals surface area contributed by atoms with Crippen LogP contribution >= 0.6 is 35.5 Å². The molecule has 2 N–H and O–H groups in total. The predicted octanol–water partition coefficient (Wildman–Crippen LogP) is 3.32. The number of benzene rings is 2. The summed E-state index contributed by atoms with van der Waals surface area (Å²) >= 11 is 2.87. The smallest absolute Gasteiger partial charge is 0.433 e. The molecule has 0 aliphatic carbocycles. The zero-order valence-corrected chi connectivity index (χ0v) is 17.1. The van der Waals surface area contributed by atoms with Crippen LogP contribution in [0, 0.1) is 5.21 Å². The Hall–Kier alpha value is -2.20. The molecule has 144 valence electrons. The zero-order chi connectivity index (χ0) is 19.0. The number of allylic oxidation sites excluding steroid dienone is 1. The molecule has 1 unspecified atom stereocenters. The van der Waals surface area contributed by atoms with E-state index in [-0.39, 0.29) is 24.0 Å². The molecule has 6 nitrogen and oxygen atoms in total. The second-order valence-electron chi connectivity index (χ2n) is 5.77. The lowest BCUT2D eigenvalue weighted by molar-refractivity contribution is -0.991. The maximum Gasteiger partial charge on any atom is 0.433 e. The third-order valence-corrected chi connectivity index (χ3v) is 6.27. The standard InChI is InChI=1S/C19H15N2O4S2.ClH/c1-25-16-8-3-2-5-13(16)10-17-18(22)20-15(11-26-19(20)27-17)12-6-4-7-14(9-12)21(23)24;/h2-11,21,23H,1H3;1H/q+1;/b17-10-;. The highest BCUT2D eigenvalue weighted by Gasteiger charge is 2.41. The first kappa shape index (κ1) is 20.5. The van der Waals surface area contributed by atoms with Gasteiger partial charge in [-0.15, -0.1) is 17.0 Å². The molecule has 9 heteroatoms. The summed E-state index contributed by atoms with van der Waals surface area (Å²) < 4.78 is 7.83. The molecule has 0 saturated heterocycles. The fourth-order valence-electron chi connectivity index (χ4n) is 2.85. The maximum absolute atomic E-state index is 13.0. The van der Waals surface area contributed by atoms with Gasteiger partial charge in [0.1, 0.15) is 10.7 Å². The summed E-state index contributed by atoms with van der Waals surface area (Å²) in [6.45, 7) is 0. The minimum absolute atomic E-state index is 0. The maximum atomic E-state index is 13.0. The molecule has 0 spiro atoms. The van der Waals surface area contributed by atoms with Crippen molar-refractivity contribution in [2.45, 2.75) is 4.34 Å². The van der Waals surface area contributed by atoms with Gasteiger partial charge in [-0.05, 0) is 18.2 Å². The van der Waals surface area contributed by atoms with Crippen molar-refractivity contribution in [3.05, 3.63) is 69.6 Å². The number of aromatic nitrogens is 1. The average Bonchev–Trinajstić information content (AvgIpc) is 3.23. The lowest BCUT2D eigenvalue weighted by atomic mass is 10.1. The van der Waals surface area contributed by atoms with Crippen LogP contribution in [0.1, 0.15) is 10.4 Å². The third kappa shape index (κ3) is 3.70. The van der Waals surface area contributed by atoms with Gasteiger partial charge in [-0.25, -0.2) is 10.0 Å². The number of rotatable bonds is 4. The molecule has 28 heavy (non-hydrogen) atoms. The van der Waals surface area contributed by atoms with Crippen LogP contribution < -0.4 is 14.5 Å². The molecule has 3 aromatic rings. The number of nitrogens with one attached hydrogen (secondary N) is 1. The van der Waals surface area contributed by atoms with Gasteiger partial charge in [-0.1, -0.05) is 35.6 Å². The van der Waals surface area contributed by atoms with E-state index in [0.717, 1.165) is 9.90 Å². The molecule has 1 aliphatic rings. The molecule has 1 atom stereocenters. The Bertz CT molecular complexity index is 1070. The van der Waals surface area contributed by atoms with E-state index in [1.165, 1.54) is 29.2 Å². The fraction of sp³-hybridized carbons (Fsp3) is 0.0526. The van der Waals surface area contributed by atoms with Crippen molar-refractivity contribution in [3.63, 3.8) is 0 Å². The summed E-state index contributed by atoms with van der Waals surface area (Å²) in [4.78, 5) is 13.6. The van der Waals surface area contributed by atoms with Gasteiger partial charge in [-0.2, -0.15) is 5.23 Å². The quantitative estimate of drug-likeness (QED) is 0.373. The van der Waals surface area contributed by atoms with Gasteiger partial charge in [0, 0.05) is 29.5 Å². The highest BCUT2D eigenvalue weighted by molar-refractivity contribution is 8.05. The number of fused-ring (bicyclic) bond motifs is 1. The topological polar surface area (TPSA) is 77.9 Å². The van der Waals surface area contributed by atoms with Crippen molar-refractivity contribution in [1.29, 1.82) is 0 Å². The van der Waals surface area contributed by atoms with E-state index < -0.39 is 5.23 Å². The van der Waals surface area contributed by atoms with Crippen LogP contribution in [0.3, 0.4) is 0 Å². The minimum Gasteiger partial charge on any atom is -0.595 e. The number of quaternary nitrogens is 1. The summed E-state index contributed by atoms with van der Waals surface area (Å²) in [7, 11) is 1.60. The van der Waals surface area contributed by atoms with Gasteiger partial charge in [0.05, 0.1) is 18.1 Å². The lowest BCUT2D eigenvalue weighted by Gasteiger charge is -2.11. The van der Waals surface area contributed by atoms with Crippen LogP contribution in [-0.2, 0) is 0 Å². The number of carbonyl (C=O) groups excluding carboxylic acids is 1. The summed E-state index contributed by atoms with van der Waals surface area (Å²) in [5.74, 6) is 0.575. The monoisotopic (exact) mass is 435 g/mol. The van der Waals surface area contributed by atoms with Crippen LogP contribution in [0.25, 0.3) is 17.3 Å². The zero-order valence-electron chi connectivity index (χ0n) is 14.6. The van der Waals surface area contributed by atoms with Crippen molar-refractivity contribution in [1.82, 2.24) is 0 Å². The second kappa shape index (κ2) is 8.44. The lowest BCUT2D eigenvalue weighted by Crippen LogP contribution is -2.99. The Morgan fingerprint density at radius 2 is 2.00 bits per heavy atom. The number of thioether (sulfide) groups is 1. The molecule has 2 aromatic carbocycles.